The van der Waals surface area contributed by atoms with Gasteiger partial charge in [-0.15, -0.1) is 0 Å². The van der Waals surface area contributed by atoms with Crippen molar-refractivity contribution >= 4 is 15.8 Å². The molecular formula is C25H24F3N5O3S. The third-order valence-electron chi connectivity index (χ3n) is 6.37. The molecule has 8 nitrogen and oxygen atoms in total. The Kier molecular flexibility index (Phi) is 7.23. The smallest absolute Gasteiger partial charge is 0.390 e. The van der Waals surface area contributed by atoms with Gasteiger partial charge in [0.25, 0.3) is 0 Å². The molecule has 3 aromatic rings. The Morgan fingerprint density at radius 3 is 2.38 bits per heavy atom. The van der Waals surface area contributed by atoms with Crippen LogP contribution in [0.15, 0.2) is 53.7 Å². The molecule has 0 unspecified atom stereocenters. The number of aromatic nitrogens is 2. The van der Waals surface area contributed by atoms with E-state index >= 15 is 0 Å². The van der Waals surface area contributed by atoms with Crippen LogP contribution in [0.4, 0.5) is 19.0 Å². The van der Waals surface area contributed by atoms with Gasteiger partial charge >= 0.3 is 6.18 Å². The standard InChI is InChI=1S/C25H24F3N5O3S/c1-15-12-30-21(11-29)16(2)24(15)17-3-6-19(7-4-17)37(35,36)33-10-9-20(22(34)14-33)32-23-8-5-18(13-31-23)25(26,27)28/h3-8,12-13,20,22,34H,9-10,14H2,1-2H3,(H,31,32)/t20-,22+/m1/s1. The van der Waals surface area contributed by atoms with Crippen LogP contribution in [-0.2, 0) is 16.2 Å². The Morgan fingerprint density at radius 2 is 1.81 bits per heavy atom. The van der Waals surface area contributed by atoms with Gasteiger partial charge in [0.1, 0.15) is 17.6 Å². The van der Waals surface area contributed by atoms with Crippen molar-refractivity contribution in [1.82, 2.24) is 14.3 Å². The van der Waals surface area contributed by atoms with E-state index in [2.05, 4.69) is 21.4 Å². The number of halogens is 3. The Hall–Kier alpha value is -3.53. The lowest BCUT2D eigenvalue weighted by atomic mass is 9.96. The molecule has 2 N–H and O–H groups in total. The highest BCUT2D eigenvalue weighted by molar-refractivity contribution is 7.89. The number of piperidine rings is 1. The average Bonchev–Trinajstić information content (AvgIpc) is 2.85. The topological polar surface area (TPSA) is 119 Å². The predicted molar refractivity (Wildman–Crippen MR) is 130 cm³/mol. The summed E-state index contributed by atoms with van der Waals surface area (Å²) in [4.78, 5) is 7.92. The van der Waals surface area contributed by atoms with Gasteiger partial charge in [-0.3, -0.25) is 0 Å². The maximum absolute atomic E-state index is 13.2. The Bertz CT molecular complexity index is 1440. The molecule has 12 heteroatoms. The zero-order valence-electron chi connectivity index (χ0n) is 20.0. The molecule has 4 rings (SSSR count). The second-order valence-corrected chi connectivity index (χ2v) is 10.8. The quantitative estimate of drug-likeness (QED) is 0.513. The lowest BCUT2D eigenvalue weighted by molar-refractivity contribution is -0.137. The highest BCUT2D eigenvalue weighted by atomic mass is 32.2. The summed E-state index contributed by atoms with van der Waals surface area (Å²) in [6.45, 7) is 3.57. The van der Waals surface area contributed by atoms with Gasteiger partial charge in [0.05, 0.1) is 22.6 Å². The van der Waals surface area contributed by atoms with E-state index in [1.807, 2.05) is 6.92 Å². The molecule has 2 aromatic heterocycles. The van der Waals surface area contributed by atoms with Crippen LogP contribution in [0.3, 0.4) is 0 Å². The first-order valence-electron chi connectivity index (χ1n) is 11.4. The van der Waals surface area contributed by atoms with Crippen LogP contribution in [0.5, 0.6) is 0 Å². The van der Waals surface area contributed by atoms with Crippen LogP contribution in [0, 0.1) is 25.2 Å². The van der Waals surface area contributed by atoms with Crippen LogP contribution in [0.25, 0.3) is 11.1 Å². The van der Waals surface area contributed by atoms with Gasteiger partial charge in [0, 0.05) is 25.5 Å². The third-order valence-corrected chi connectivity index (χ3v) is 8.25. The summed E-state index contributed by atoms with van der Waals surface area (Å²) in [6.07, 6.45) is -3.07. The van der Waals surface area contributed by atoms with Crippen molar-refractivity contribution < 1.29 is 26.7 Å². The number of pyridine rings is 2. The number of nitrogens with zero attached hydrogens (tertiary/aromatic N) is 4. The number of rotatable bonds is 5. The first-order valence-corrected chi connectivity index (χ1v) is 12.8. The number of nitriles is 1. The number of benzene rings is 1. The third kappa shape index (κ3) is 5.44. The van der Waals surface area contributed by atoms with Gasteiger partial charge in [0.2, 0.25) is 10.0 Å². The van der Waals surface area contributed by atoms with Gasteiger partial charge in [-0.2, -0.15) is 22.7 Å². The Balaban J connectivity index is 1.46. The van der Waals surface area contributed by atoms with E-state index in [0.717, 1.165) is 22.8 Å². The normalized spacial score (nSPS) is 18.8. The number of nitrogens with one attached hydrogen (secondary N) is 1. The maximum atomic E-state index is 13.2. The summed E-state index contributed by atoms with van der Waals surface area (Å²) in [6, 6.07) is 9.85. The lowest BCUT2D eigenvalue weighted by Crippen LogP contribution is -2.51. The van der Waals surface area contributed by atoms with Gasteiger partial charge in [-0.25, -0.2) is 18.4 Å². The largest absolute Gasteiger partial charge is 0.417 e. The molecule has 1 aliphatic rings. The number of hydrogen-bond donors (Lipinski definition) is 2. The van der Waals surface area contributed by atoms with E-state index in [4.69, 9.17) is 0 Å². The number of aliphatic hydroxyl groups is 1. The summed E-state index contributed by atoms with van der Waals surface area (Å²) in [5.74, 6) is 0.158. The molecule has 1 fully saturated rings. The molecule has 194 valence electrons. The van der Waals surface area contributed by atoms with Gasteiger partial charge in [0.15, 0.2) is 0 Å². The lowest BCUT2D eigenvalue weighted by Gasteiger charge is -2.35. The minimum atomic E-state index is -4.50. The van der Waals surface area contributed by atoms with Crippen molar-refractivity contribution in [3.05, 3.63) is 71.2 Å². The molecule has 1 aliphatic heterocycles. The van der Waals surface area contributed by atoms with Crippen LogP contribution >= 0.6 is 0 Å². The van der Waals surface area contributed by atoms with E-state index < -0.39 is 33.9 Å². The molecule has 0 radical (unpaired) electrons. The zero-order valence-corrected chi connectivity index (χ0v) is 20.8. The second-order valence-electron chi connectivity index (χ2n) is 8.83. The van der Waals surface area contributed by atoms with E-state index in [-0.39, 0.29) is 30.2 Å². The fourth-order valence-corrected chi connectivity index (χ4v) is 5.84. The maximum Gasteiger partial charge on any atom is 0.417 e. The summed E-state index contributed by atoms with van der Waals surface area (Å²) < 4.78 is 65.8. The number of hydrogen-bond acceptors (Lipinski definition) is 7. The molecule has 1 saturated heterocycles. The van der Waals surface area contributed by atoms with Crippen molar-refractivity contribution in [3.63, 3.8) is 0 Å². The fraction of sp³-hybridized carbons (Fsp3) is 0.320. The molecule has 0 bridgehead atoms. The summed E-state index contributed by atoms with van der Waals surface area (Å²) >= 11 is 0. The van der Waals surface area contributed by atoms with E-state index in [0.29, 0.717) is 17.5 Å². The number of aliphatic hydroxyl groups excluding tert-OH is 1. The minimum absolute atomic E-state index is 0.0594. The molecule has 0 aliphatic carbocycles. The van der Waals surface area contributed by atoms with Crippen LogP contribution in [-0.4, -0.2) is 53.0 Å². The van der Waals surface area contributed by atoms with Crippen molar-refractivity contribution in [2.75, 3.05) is 18.4 Å². The van der Waals surface area contributed by atoms with Crippen molar-refractivity contribution in [1.29, 1.82) is 5.26 Å². The van der Waals surface area contributed by atoms with Gasteiger partial charge in [-0.1, -0.05) is 12.1 Å². The van der Waals surface area contributed by atoms with Gasteiger partial charge in [-0.05, 0) is 66.8 Å². The molecule has 3 heterocycles. The summed E-state index contributed by atoms with van der Waals surface area (Å²) in [7, 11) is -3.91. The molecule has 1 aromatic carbocycles. The van der Waals surface area contributed by atoms with Crippen LogP contribution in [0.1, 0.15) is 28.8 Å². The van der Waals surface area contributed by atoms with Gasteiger partial charge < -0.3 is 10.4 Å². The minimum Gasteiger partial charge on any atom is -0.390 e. The first kappa shape index (κ1) is 26.5. The molecule has 0 amide bonds. The second kappa shape index (κ2) is 10.1. The van der Waals surface area contributed by atoms with E-state index in [1.54, 1.807) is 25.3 Å². The molecular weight excluding hydrogens is 507 g/mol. The van der Waals surface area contributed by atoms with Crippen LogP contribution < -0.4 is 5.32 Å². The highest BCUT2D eigenvalue weighted by Gasteiger charge is 2.35. The van der Waals surface area contributed by atoms with Crippen molar-refractivity contribution in [2.24, 2.45) is 0 Å². The van der Waals surface area contributed by atoms with Crippen molar-refractivity contribution in [2.45, 2.75) is 43.5 Å². The number of sulfonamides is 1. The molecule has 0 saturated carbocycles. The summed E-state index contributed by atoms with van der Waals surface area (Å²) in [5.41, 5.74) is 2.54. The number of anilines is 1. The number of β-amino-alcohol motifs (C(OH)–C–C–N with tert-alkyl or cyclic N) is 1. The SMILES string of the molecule is Cc1cnc(C#N)c(C)c1-c1ccc(S(=O)(=O)N2CC[C@@H](Nc3ccc(C(F)(F)F)cn3)[C@@H](O)C2)cc1. The predicted octanol–water partition coefficient (Wildman–Crippen LogP) is 3.89. The van der Waals surface area contributed by atoms with E-state index in [9.17, 15) is 32.0 Å². The van der Waals surface area contributed by atoms with E-state index in [1.165, 1.54) is 22.5 Å². The molecule has 37 heavy (non-hydrogen) atoms. The highest BCUT2D eigenvalue weighted by Crippen LogP contribution is 2.31. The monoisotopic (exact) mass is 531 g/mol. The number of alkyl halides is 3. The average molecular weight is 532 g/mol. The van der Waals surface area contributed by atoms with Crippen LogP contribution in [0.2, 0.25) is 0 Å². The fourth-order valence-electron chi connectivity index (χ4n) is 4.36. The summed E-state index contributed by atoms with van der Waals surface area (Å²) in [5, 5.41) is 22.7. The number of aryl methyl sites for hydroxylation is 1. The first-order chi connectivity index (χ1) is 17.4. The Labute approximate surface area is 212 Å². The van der Waals surface area contributed by atoms with Crippen molar-refractivity contribution in [3.8, 4) is 17.2 Å². The zero-order chi connectivity index (χ0) is 27.0. The molecule has 0 spiro atoms. The molecule has 2 atom stereocenters. The Morgan fingerprint density at radius 1 is 1.11 bits per heavy atom.